The van der Waals surface area contributed by atoms with Crippen LogP contribution in [0.3, 0.4) is 0 Å². The van der Waals surface area contributed by atoms with E-state index in [1.807, 2.05) is 12.2 Å². The Labute approximate surface area is 131 Å². The van der Waals surface area contributed by atoms with Crippen LogP contribution < -0.4 is 0 Å². The first kappa shape index (κ1) is 19.3. The first-order chi connectivity index (χ1) is 10.5. The van der Waals surface area contributed by atoms with Gasteiger partial charge in [-0.1, -0.05) is 43.4 Å². The van der Waals surface area contributed by atoms with E-state index in [0.717, 1.165) is 19.3 Å². The predicted octanol–water partition coefficient (Wildman–Crippen LogP) is 3.09. The standard InChI is InChI=1S/C15H25O6P/c1-2-3-4-5-6-7-8-9-10-11-15-19-12-14(21-15)13-20-22(16,17)18/h3-4,6-7,9-10,14-15H,2,5,8,11-13H2,1H3,(H2,16,17,18)/b4-3-,7-6-,10-9-. The van der Waals surface area contributed by atoms with Gasteiger partial charge >= 0.3 is 7.82 Å². The highest BCUT2D eigenvalue weighted by Gasteiger charge is 2.27. The summed E-state index contributed by atoms with van der Waals surface area (Å²) in [7, 11) is -4.44. The highest BCUT2D eigenvalue weighted by Crippen LogP contribution is 2.36. The molecule has 126 valence electrons. The SMILES string of the molecule is CC/C=C\C/C=C\C/C=C\CC1OCC(COP(=O)(O)O)O1. The van der Waals surface area contributed by atoms with E-state index in [-0.39, 0.29) is 19.5 Å². The zero-order valence-corrected chi connectivity index (χ0v) is 13.7. The Morgan fingerprint density at radius 1 is 1.14 bits per heavy atom. The average molecular weight is 332 g/mol. The van der Waals surface area contributed by atoms with Gasteiger partial charge in [0.1, 0.15) is 6.10 Å². The molecule has 1 aliphatic heterocycles. The van der Waals surface area contributed by atoms with Crippen LogP contribution in [0.25, 0.3) is 0 Å². The van der Waals surface area contributed by atoms with Gasteiger partial charge in [-0.05, 0) is 19.3 Å². The number of allylic oxidation sites excluding steroid dienone is 5. The molecule has 0 bridgehead atoms. The van der Waals surface area contributed by atoms with E-state index < -0.39 is 13.9 Å². The van der Waals surface area contributed by atoms with Crippen LogP contribution in [0.2, 0.25) is 0 Å². The normalized spacial score (nSPS) is 23.4. The first-order valence-electron chi connectivity index (χ1n) is 7.43. The molecule has 2 N–H and O–H groups in total. The monoisotopic (exact) mass is 332 g/mol. The molecule has 1 fully saturated rings. The molecule has 0 spiro atoms. The van der Waals surface area contributed by atoms with Crippen molar-refractivity contribution in [3.05, 3.63) is 36.5 Å². The van der Waals surface area contributed by atoms with Crippen molar-refractivity contribution >= 4 is 7.82 Å². The van der Waals surface area contributed by atoms with E-state index in [1.165, 1.54) is 0 Å². The predicted molar refractivity (Wildman–Crippen MR) is 84.2 cm³/mol. The lowest BCUT2D eigenvalue weighted by molar-refractivity contribution is -0.0612. The van der Waals surface area contributed by atoms with Gasteiger partial charge < -0.3 is 19.3 Å². The van der Waals surface area contributed by atoms with Gasteiger partial charge in [0.25, 0.3) is 0 Å². The Bertz CT molecular complexity index is 426. The quantitative estimate of drug-likeness (QED) is 0.472. The lowest BCUT2D eigenvalue weighted by atomic mass is 10.2. The largest absolute Gasteiger partial charge is 0.469 e. The van der Waals surface area contributed by atoms with Crippen molar-refractivity contribution in [2.75, 3.05) is 13.2 Å². The van der Waals surface area contributed by atoms with E-state index in [1.54, 1.807) is 0 Å². The summed E-state index contributed by atoms with van der Waals surface area (Å²) in [5.74, 6) is 0. The summed E-state index contributed by atoms with van der Waals surface area (Å²) >= 11 is 0. The van der Waals surface area contributed by atoms with Crippen LogP contribution >= 0.6 is 7.82 Å². The second kappa shape index (κ2) is 10.9. The molecular formula is C15H25O6P. The summed E-state index contributed by atoms with van der Waals surface area (Å²) in [6, 6.07) is 0. The van der Waals surface area contributed by atoms with Crippen molar-refractivity contribution in [2.45, 2.75) is 45.0 Å². The van der Waals surface area contributed by atoms with Gasteiger partial charge in [-0.2, -0.15) is 0 Å². The zero-order valence-electron chi connectivity index (χ0n) is 12.8. The molecule has 0 aromatic carbocycles. The van der Waals surface area contributed by atoms with Crippen LogP contribution in [-0.4, -0.2) is 35.4 Å². The van der Waals surface area contributed by atoms with Crippen LogP contribution in [0.5, 0.6) is 0 Å². The van der Waals surface area contributed by atoms with Gasteiger partial charge in [0.15, 0.2) is 6.29 Å². The molecule has 0 aromatic rings. The molecule has 0 aliphatic carbocycles. The highest BCUT2D eigenvalue weighted by molar-refractivity contribution is 7.46. The van der Waals surface area contributed by atoms with Crippen molar-refractivity contribution in [1.29, 1.82) is 0 Å². The smallest absolute Gasteiger partial charge is 0.350 e. The summed E-state index contributed by atoms with van der Waals surface area (Å²) in [6.07, 6.45) is 15.2. The Morgan fingerprint density at radius 2 is 1.77 bits per heavy atom. The van der Waals surface area contributed by atoms with Gasteiger partial charge in [-0.25, -0.2) is 4.57 Å². The third kappa shape index (κ3) is 10.1. The molecule has 6 nitrogen and oxygen atoms in total. The molecule has 1 rings (SSSR count). The average Bonchev–Trinajstić information content (AvgIpc) is 2.91. The van der Waals surface area contributed by atoms with Crippen molar-refractivity contribution in [3.63, 3.8) is 0 Å². The Balaban J connectivity index is 2.09. The fourth-order valence-corrected chi connectivity index (χ4v) is 2.18. The van der Waals surface area contributed by atoms with Crippen LogP contribution in [0.1, 0.15) is 32.6 Å². The second-order valence-corrected chi connectivity index (χ2v) is 6.08. The highest BCUT2D eigenvalue weighted by atomic mass is 31.2. The molecule has 7 heteroatoms. The van der Waals surface area contributed by atoms with Crippen molar-refractivity contribution in [1.82, 2.24) is 0 Å². The van der Waals surface area contributed by atoms with E-state index in [9.17, 15) is 4.57 Å². The fourth-order valence-electron chi connectivity index (χ4n) is 1.82. The number of hydrogen-bond donors (Lipinski definition) is 2. The Morgan fingerprint density at radius 3 is 2.41 bits per heavy atom. The number of phosphoric ester groups is 1. The maximum atomic E-state index is 10.6. The molecule has 22 heavy (non-hydrogen) atoms. The van der Waals surface area contributed by atoms with Crippen LogP contribution in [0.4, 0.5) is 0 Å². The van der Waals surface area contributed by atoms with Crippen LogP contribution in [0.15, 0.2) is 36.5 Å². The van der Waals surface area contributed by atoms with Crippen molar-refractivity contribution in [3.8, 4) is 0 Å². The van der Waals surface area contributed by atoms with E-state index in [0.29, 0.717) is 6.42 Å². The minimum Gasteiger partial charge on any atom is -0.350 e. The van der Waals surface area contributed by atoms with Crippen LogP contribution in [0, 0.1) is 0 Å². The van der Waals surface area contributed by atoms with Gasteiger partial charge in [0.05, 0.1) is 13.2 Å². The number of ether oxygens (including phenoxy) is 2. The molecule has 1 heterocycles. The summed E-state index contributed by atoms with van der Waals surface area (Å²) in [4.78, 5) is 17.2. The lowest BCUT2D eigenvalue weighted by Gasteiger charge is -2.10. The van der Waals surface area contributed by atoms with Gasteiger partial charge in [0.2, 0.25) is 0 Å². The van der Waals surface area contributed by atoms with E-state index in [4.69, 9.17) is 19.3 Å². The lowest BCUT2D eigenvalue weighted by Crippen LogP contribution is -2.18. The Hall–Kier alpha value is -0.750. The van der Waals surface area contributed by atoms with Crippen molar-refractivity contribution < 1.29 is 28.3 Å². The molecule has 2 unspecified atom stereocenters. The Kier molecular flexibility index (Phi) is 9.55. The summed E-state index contributed by atoms with van der Waals surface area (Å²) in [5.41, 5.74) is 0. The maximum absolute atomic E-state index is 10.6. The van der Waals surface area contributed by atoms with Gasteiger partial charge in [-0.3, -0.25) is 4.52 Å². The minimum atomic E-state index is -4.44. The molecule has 0 radical (unpaired) electrons. The number of hydrogen-bond acceptors (Lipinski definition) is 4. The maximum Gasteiger partial charge on any atom is 0.469 e. The second-order valence-electron chi connectivity index (χ2n) is 4.84. The fraction of sp³-hybridized carbons (Fsp3) is 0.600. The molecular weight excluding hydrogens is 307 g/mol. The van der Waals surface area contributed by atoms with Gasteiger partial charge in [0, 0.05) is 6.42 Å². The summed E-state index contributed by atoms with van der Waals surface area (Å²) in [5, 5.41) is 0. The molecule has 0 amide bonds. The third-order valence-electron chi connectivity index (χ3n) is 2.85. The molecule has 1 aliphatic rings. The number of phosphoric acid groups is 1. The third-order valence-corrected chi connectivity index (χ3v) is 3.33. The summed E-state index contributed by atoms with van der Waals surface area (Å²) in [6.45, 7) is 2.22. The topological polar surface area (TPSA) is 85.2 Å². The first-order valence-corrected chi connectivity index (χ1v) is 8.96. The van der Waals surface area contributed by atoms with E-state index in [2.05, 4.69) is 35.8 Å². The zero-order chi connectivity index (χ0) is 16.3. The van der Waals surface area contributed by atoms with Crippen molar-refractivity contribution in [2.24, 2.45) is 0 Å². The summed E-state index contributed by atoms with van der Waals surface area (Å²) < 4.78 is 25.8. The molecule has 2 atom stereocenters. The number of rotatable bonds is 10. The van der Waals surface area contributed by atoms with Crippen LogP contribution in [-0.2, 0) is 18.6 Å². The van der Waals surface area contributed by atoms with Gasteiger partial charge in [-0.15, -0.1) is 0 Å². The molecule has 1 saturated heterocycles. The molecule has 0 aromatic heterocycles. The molecule has 0 saturated carbocycles. The van der Waals surface area contributed by atoms with E-state index >= 15 is 0 Å². The minimum absolute atomic E-state index is 0.168.